The van der Waals surface area contributed by atoms with Gasteiger partial charge in [-0.05, 0) is 25.0 Å². The Balaban J connectivity index is 1.55. The first-order valence-corrected chi connectivity index (χ1v) is 14.7. The molecule has 0 saturated heterocycles. The Morgan fingerprint density at radius 2 is 1.47 bits per heavy atom. The lowest BCUT2D eigenvalue weighted by Crippen LogP contribution is -2.32. The number of amides is 2. The van der Waals surface area contributed by atoms with E-state index in [0.29, 0.717) is 5.69 Å². The van der Waals surface area contributed by atoms with Crippen LogP contribution in [0.5, 0.6) is 0 Å². The first-order chi connectivity index (χ1) is 18.5. The van der Waals surface area contributed by atoms with Crippen molar-refractivity contribution in [2.45, 2.75) is 116 Å². The number of hydrogen-bond acceptors (Lipinski definition) is 4. The first-order valence-electron chi connectivity index (χ1n) is 14.7. The molecule has 1 atom stereocenters. The van der Waals surface area contributed by atoms with E-state index in [1.165, 1.54) is 82.1 Å². The van der Waals surface area contributed by atoms with Gasteiger partial charge in [0.25, 0.3) is 5.91 Å². The molecule has 0 saturated carbocycles. The molecular weight excluding hydrogens is 478 g/mol. The van der Waals surface area contributed by atoms with E-state index in [1.807, 2.05) is 12.1 Å². The second kappa shape index (κ2) is 19.2. The summed E-state index contributed by atoms with van der Waals surface area (Å²) >= 11 is 0. The number of amidine groups is 1. The largest absolute Gasteiger partial charge is 0.481 e. The van der Waals surface area contributed by atoms with Gasteiger partial charge in [0, 0.05) is 6.42 Å². The lowest BCUT2D eigenvalue weighted by atomic mass is 10.0. The average molecular weight is 526 g/mol. The highest BCUT2D eigenvalue weighted by Crippen LogP contribution is 2.19. The number of unbranched alkanes of at least 4 members (excludes halogenated alkanes) is 14. The summed E-state index contributed by atoms with van der Waals surface area (Å²) in [5.74, 6) is -2.40. The molecule has 1 aromatic rings. The van der Waals surface area contributed by atoms with E-state index in [1.54, 1.807) is 30.3 Å². The van der Waals surface area contributed by atoms with Crippen molar-refractivity contribution in [1.82, 2.24) is 5.32 Å². The van der Waals surface area contributed by atoms with Crippen LogP contribution in [-0.2, 0) is 14.4 Å². The number of carboxylic acid groups (broad SMARTS) is 1. The summed E-state index contributed by atoms with van der Waals surface area (Å²) < 4.78 is 0. The Kier molecular flexibility index (Phi) is 15.8. The molecule has 1 heterocycles. The van der Waals surface area contributed by atoms with Gasteiger partial charge in [-0.2, -0.15) is 10.1 Å². The predicted molar refractivity (Wildman–Crippen MR) is 154 cm³/mol. The molecule has 0 aliphatic carbocycles. The molecule has 7 heteroatoms. The molecule has 1 aliphatic heterocycles. The minimum absolute atomic E-state index is 0.0205. The van der Waals surface area contributed by atoms with Crippen molar-refractivity contribution in [3.63, 3.8) is 0 Å². The highest BCUT2D eigenvalue weighted by atomic mass is 16.4. The highest BCUT2D eigenvalue weighted by molar-refractivity contribution is 6.15. The Bertz CT molecular complexity index is 898. The molecule has 1 aromatic carbocycles. The van der Waals surface area contributed by atoms with Crippen LogP contribution >= 0.6 is 0 Å². The van der Waals surface area contributed by atoms with Crippen LogP contribution in [0.25, 0.3) is 0 Å². The van der Waals surface area contributed by atoms with Crippen molar-refractivity contribution < 1.29 is 19.5 Å². The summed E-state index contributed by atoms with van der Waals surface area (Å²) in [4.78, 5) is 36.3. The van der Waals surface area contributed by atoms with E-state index in [0.717, 1.165) is 19.3 Å². The molecule has 2 amide bonds. The van der Waals surface area contributed by atoms with E-state index in [4.69, 9.17) is 0 Å². The van der Waals surface area contributed by atoms with Crippen LogP contribution in [0.1, 0.15) is 116 Å². The van der Waals surface area contributed by atoms with Crippen LogP contribution in [-0.4, -0.2) is 28.7 Å². The highest BCUT2D eigenvalue weighted by Gasteiger charge is 2.27. The normalized spacial score (nSPS) is 14.2. The number of benzene rings is 1. The number of anilines is 1. The molecular formula is C31H47N3O4. The van der Waals surface area contributed by atoms with Crippen LogP contribution in [0.4, 0.5) is 5.69 Å². The third kappa shape index (κ3) is 13.0. The number of para-hydroxylation sites is 1. The maximum atomic E-state index is 12.4. The molecule has 0 aromatic heterocycles. The second-order valence-electron chi connectivity index (χ2n) is 10.3. The van der Waals surface area contributed by atoms with Crippen molar-refractivity contribution >= 4 is 29.3 Å². The fourth-order valence-corrected chi connectivity index (χ4v) is 4.64. The second-order valence-corrected chi connectivity index (χ2v) is 10.3. The minimum atomic E-state index is -1.03. The number of allylic oxidation sites excluding steroid dienone is 1. The molecule has 1 aliphatic rings. The molecule has 210 valence electrons. The van der Waals surface area contributed by atoms with Gasteiger partial charge in [0.1, 0.15) is 5.84 Å². The molecule has 0 unspecified atom stereocenters. The third-order valence-electron chi connectivity index (χ3n) is 6.88. The smallest absolute Gasteiger partial charge is 0.310 e. The number of carboxylic acids is 1. The molecule has 38 heavy (non-hydrogen) atoms. The Hall–Kier alpha value is -2.96. The van der Waals surface area contributed by atoms with Gasteiger partial charge < -0.3 is 10.4 Å². The topological polar surface area (TPSA) is 99.1 Å². The van der Waals surface area contributed by atoms with Crippen molar-refractivity contribution in [3.05, 3.63) is 42.5 Å². The SMILES string of the molecule is CCCCCCCCCCCCCCCC/C=C/[C@@H](CC(=O)NC1=NN(c2ccccc2)C(=O)C1)C(=O)O. The summed E-state index contributed by atoms with van der Waals surface area (Å²) in [6, 6.07) is 8.97. The molecule has 0 radical (unpaired) electrons. The molecule has 0 fully saturated rings. The number of hydrogen-bond donors (Lipinski definition) is 2. The number of nitrogens with one attached hydrogen (secondary N) is 1. The van der Waals surface area contributed by atoms with Gasteiger partial charge in [-0.25, -0.2) is 0 Å². The minimum Gasteiger partial charge on any atom is -0.481 e. The van der Waals surface area contributed by atoms with Crippen LogP contribution in [0.2, 0.25) is 0 Å². The van der Waals surface area contributed by atoms with Crippen molar-refractivity contribution in [1.29, 1.82) is 0 Å². The fourth-order valence-electron chi connectivity index (χ4n) is 4.64. The quantitative estimate of drug-likeness (QED) is 0.137. The summed E-state index contributed by atoms with van der Waals surface area (Å²) in [6.45, 7) is 2.26. The molecule has 0 spiro atoms. The third-order valence-corrected chi connectivity index (χ3v) is 6.88. The van der Waals surface area contributed by atoms with Gasteiger partial charge in [0.2, 0.25) is 5.91 Å². The van der Waals surface area contributed by atoms with Gasteiger partial charge in [0.05, 0.1) is 18.0 Å². The van der Waals surface area contributed by atoms with Crippen LogP contribution < -0.4 is 10.3 Å². The van der Waals surface area contributed by atoms with Crippen LogP contribution in [0, 0.1) is 5.92 Å². The molecule has 0 bridgehead atoms. The standard InChI is InChI=1S/C31H47N3O4/c1-2-3-4-5-6-7-8-9-10-11-12-13-14-15-16-18-21-26(31(37)38)24-29(35)32-28-25-30(36)34(33-28)27-22-19-17-20-23-27/h17-23,26H,2-16,24-25H2,1H3,(H,37,38)(H,32,33,35)/b21-18+/t26-/m0/s1. The first kappa shape index (κ1) is 31.3. The maximum absolute atomic E-state index is 12.4. The van der Waals surface area contributed by atoms with Crippen molar-refractivity contribution in [2.24, 2.45) is 11.0 Å². The zero-order valence-electron chi connectivity index (χ0n) is 23.2. The predicted octanol–water partition coefficient (Wildman–Crippen LogP) is 7.37. The van der Waals surface area contributed by atoms with Gasteiger partial charge in [-0.3, -0.25) is 14.4 Å². The van der Waals surface area contributed by atoms with Crippen LogP contribution in [0.3, 0.4) is 0 Å². The number of rotatable bonds is 20. The van der Waals surface area contributed by atoms with Crippen molar-refractivity contribution in [2.75, 3.05) is 5.01 Å². The molecule has 2 N–H and O–H groups in total. The summed E-state index contributed by atoms with van der Waals surface area (Å²) in [7, 11) is 0. The molecule has 7 nitrogen and oxygen atoms in total. The number of hydrazone groups is 1. The molecule has 2 rings (SSSR count). The van der Waals surface area contributed by atoms with E-state index in [9.17, 15) is 19.5 Å². The monoisotopic (exact) mass is 525 g/mol. The fraction of sp³-hybridized carbons (Fsp3) is 0.613. The lowest BCUT2D eigenvalue weighted by molar-refractivity contribution is -0.142. The number of aliphatic carboxylic acids is 1. The number of carbonyl (C=O) groups is 3. The number of nitrogens with zero attached hydrogens (tertiary/aromatic N) is 2. The summed E-state index contributed by atoms with van der Waals surface area (Å²) in [6.07, 6.45) is 22.4. The van der Waals surface area contributed by atoms with E-state index in [-0.39, 0.29) is 24.6 Å². The average Bonchev–Trinajstić information content (AvgIpc) is 3.27. The zero-order chi connectivity index (χ0) is 27.4. The Labute approximate surface area is 228 Å². The summed E-state index contributed by atoms with van der Waals surface area (Å²) in [5, 5.41) is 17.6. The van der Waals surface area contributed by atoms with Gasteiger partial charge in [-0.1, -0.05) is 121 Å². The van der Waals surface area contributed by atoms with Gasteiger partial charge in [0.15, 0.2) is 0 Å². The maximum Gasteiger partial charge on any atom is 0.310 e. The van der Waals surface area contributed by atoms with E-state index < -0.39 is 17.8 Å². The Morgan fingerprint density at radius 3 is 2.03 bits per heavy atom. The zero-order valence-corrected chi connectivity index (χ0v) is 23.2. The lowest BCUT2D eigenvalue weighted by Gasteiger charge is -2.10. The van der Waals surface area contributed by atoms with Gasteiger partial charge >= 0.3 is 5.97 Å². The van der Waals surface area contributed by atoms with Crippen molar-refractivity contribution in [3.8, 4) is 0 Å². The Morgan fingerprint density at radius 1 is 0.921 bits per heavy atom. The summed E-state index contributed by atoms with van der Waals surface area (Å²) in [5.41, 5.74) is 0.622. The van der Waals surface area contributed by atoms with Gasteiger partial charge in [-0.15, -0.1) is 0 Å². The number of carbonyl (C=O) groups excluding carboxylic acids is 2. The van der Waals surface area contributed by atoms with Crippen LogP contribution in [0.15, 0.2) is 47.6 Å². The van der Waals surface area contributed by atoms with E-state index >= 15 is 0 Å². The van der Waals surface area contributed by atoms with E-state index in [2.05, 4.69) is 17.3 Å².